The van der Waals surface area contributed by atoms with Crippen LogP contribution in [0.3, 0.4) is 0 Å². The molecule has 0 aromatic carbocycles. The van der Waals surface area contributed by atoms with Crippen molar-refractivity contribution in [3.63, 3.8) is 0 Å². The highest BCUT2D eigenvalue weighted by Gasteiger charge is 2.11. The number of hydrogen-bond acceptors (Lipinski definition) is 8. The third kappa shape index (κ3) is 9.27. The van der Waals surface area contributed by atoms with Crippen molar-refractivity contribution in [1.29, 1.82) is 0 Å². The molecule has 8 nitrogen and oxygen atoms in total. The molecule has 2 saturated heterocycles. The molecule has 3 N–H and O–H groups in total. The molecule has 9 heteroatoms. The zero-order valence-corrected chi connectivity index (χ0v) is 17.9. The number of halogens is 1. The van der Waals surface area contributed by atoms with Gasteiger partial charge in [-0.15, -0.1) is 0 Å². The van der Waals surface area contributed by atoms with Gasteiger partial charge in [0.2, 0.25) is 0 Å². The van der Waals surface area contributed by atoms with Crippen LogP contribution in [-0.2, 0) is 0 Å². The first-order valence-corrected chi connectivity index (χ1v) is 10.1. The Hall–Kier alpha value is -2.13. The van der Waals surface area contributed by atoms with Crippen LogP contribution in [0.5, 0.6) is 11.5 Å². The van der Waals surface area contributed by atoms with Crippen molar-refractivity contribution in [3.05, 3.63) is 41.8 Å². The first-order valence-electron chi connectivity index (χ1n) is 9.75. The predicted octanol–water partition coefficient (Wildman–Crippen LogP) is 1.42. The van der Waals surface area contributed by atoms with E-state index in [1.54, 1.807) is 38.7 Å². The van der Waals surface area contributed by atoms with Gasteiger partial charge in [-0.2, -0.15) is 0 Å². The second-order valence-corrected chi connectivity index (χ2v) is 6.70. The van der Waals surface area contributed by atoms with E-state index in [1.165, 1.54) is 0 Å². The number of aromatic nitrogens is 2. The number of piperazine rings is 2. The fraction of sp³-hybridized carbons (Fsp3) is 0.500. The van der Waals surface area contributed by atoms with Gasteiger partial charge in [-0.25, -0.2) is 9.97 Å². The van der Waals surface area contributed by atoms with Gasteiger partial charge in [-0.05, 0) is 12.1 Å². The second kappa shape index (κ2) is 13.9. The highest BCUT2D eigenvalue weighted by molar-refractivity contribution is 6.29. The summed E-state index contributed by atoms with van der Waals surface area (Å²) in [4.78, 5) is 10.4. The van der Waals surface area contributed by atoms with Crippen LogP contribution in [0.2, 0.25) is 5.15 Å². The summed E-state index contributed by atoms with van der Waals surface area (Å²) in [5, 5.41) is 10.2. The monoisotopic (exact) mass is 422 g/mol. The first-order chi connectivity index (χ1) is 14.2. The maximum absolute atomic E-state index is 5.53. The Morgan fingerprint density at radius 2 is 1.31 bits per heavy atom. The number of nitrogens with one attached hydrogen (secondary N) is 3. The average molecular weight is 423 g/mol. The number of nitrogens with zero attached hydrogens (tertiary/aromatic N) is 3. The summed E-state index contributed by atoms with van der Waals surface area (Å²) in [7, 11) is 3.27. The molecule has 160 valence electrons. The normalized spacial score (nSPS) is 15.9. The van der Waals surface area contributed by atoms with Crippen molar-refractivity contribution in [3.8, 4) is 11.5 Å². The Kier molecular flexibility index (Phi) is 11.1. The van der Waals surface area contributed by atoms with E-state index in [9.17, 15) is 0 Å². The van der Waals surface area contributed by atoms with Crippen LogP contribution >= 0.6 is 11.6 Å². The molecule has 2 aliphatic rings. The summed E-state index contributed by atoms with van der Waals surface area (Å²) in [6.07, 6.45) is 3.39. The Bertz CT molecular complexity index is 685. The third-order valence-corrected chi connectivity index (χ3v) is 4.49. The Balaban J connectivity index is 0.000000171. The lowest BCUT2D eigenvalue weighted by molar-refractivity contribution is 0.414. The number of pyridine rings is 2. The SMILES string of the molecule is C1CNCCN1.COc1ccnc(Cl)c1.COc1ccnc(N2CCNCC2)c1. The first kappa shape index (κ1) is 23.2. The zero-order valence-electron chi connectivity index (χ0n) is 17.2. The summed E-state index contributed by atoms with van der Waals surface area (Å²) in [6.45, 7) is 8.64. The van der Waals surface area contributed by atoms with Crippen LogP contribution in [-0.4, -0.2) is 76.5 Å². The molecule has 0 atom stereocenters. The van der Waals surface area contributed by atoms with Gasteiger partial charge in [0.1, 0.15) is 22.5 Å². The van der Waals surface area contributed by atoms with Crippen molar-refractivity contribution in [2.75, 3.05) is 71.5 Å². The fourth-order valence-electron chi connectivity index (χ4n) is 2.71. The number of rotatable bonds is 3. The van der Waals surface area contributed by atoms with E-state index in [0.29, 0.717) is 5.15 Å². The number of ether oxygens (including phenoxy) is 2. The van der Waals surface area contributed by atoms with Gasteiger partial charge in [0.05, 0.1) is 14.2 Å². The summed E-state index contributed by atoms with van der Waals surface area (Å²) >= 11 is 5.53. The quantitative estimate of drug-likeness (QED) is 0.640. The molecule has 0 amide bonds. The van der Waals surface area contributed by atoms with Crippen LogP contribution in [0, 0.1) is 0 Å². The maximum atomic E-state index is 5.53. The zero-order chi connectivity index (χ0) is 20.7. The van der Waals surface area contributed by atoms with Crippen molar-refractivity contribution in [2.24, 2.45) is 0 Å². The molecule has 0 aliphatic carbocycles. The van der Waals surface area contributed by atoms with Gasteiger partial charge in [-0.1, -0.05) is 11.6 Å². The van der Waals surface area contributed by atoms with E-state index < -0.39 is 0 Å². The molecule has 4 rings (SSSR count). The molecule has 0 saturated carbocycles. The molecule has 0 radical (unpaired) electrons. The minimum absolute atomic E-state index is 0.453. The van der Waals surface area contributed by atoms with E-state index in [4.69, 9.17) is 21.1 Å². The van der Waals surface area contributed by atoms with Gasteiger partial charge in [0.25, 0.3) is 0 Å². The van der Waals surface area contributed by atoms with E-state index >= 15 is 0 Å². The van der Waals surface area contributed by atoms with Crippen LogP contribution in [0.4, 0.5) is 5.82 Å². The number of methoxy groups -OCH3 is 2. The Morgan fingerprint density at radius 1 is 0.793 bits per heavy atom. The molecule has 2 aliphatic heterocycles. The Labute approximate surface area is 178 Å². The molecular formula is C20H31ClN6O2. The van der Waals surface area contributed by atoms with Crippen molar-refractivity contribution in [2.45, 2.75) is 0 Å². The highest BCUT2D eigenvalue weighted by atomic mass is 35.5. The van der Waals surface area contributed by atoms with Crippen molar-refractivity contribution in [1.82, 2.24) is 25.9 Å². The van der Waals surface area contributed by atoms with Crippen LogP contribution < -0.4 is 30.3 Å². The minimum Gasteiger partial charge on any atom is -0.497 e. The minimum atomic E-state index is 0.453. The smallest absolute Gasteiger partial charge is 0.132 e. The lowest BCUT2D eigenvalue weighted by Crippen LogP contribution is -2.43. The highest BCUT2D eigenvalue weighted by Crippen LogP contribution is 2.17. The van der Waals surface area contributed by atoms with E-state index in [2.05, 4.69) is 30.8 Å². The van der Waals surface area contributed by atoms with Crippen LogP contribution in [0.1, 0.15) is 0 Å². The molecule has 2 aromatic heterocycles. The molecular weight excluding hydrogens is 392 g/mol. The summed E-state index contributed by atoms with van der Waals surface area (Å²) in [5.41, 5.74) is 0. The maximum Gasteiger partial charge on any atom is 0.132 e. The fourth-order valence-corrected chi connectivity index (χ4v) is 2.87. The summed E-state index contributed by atoms with van der Waals surface area (Å²) in [6, 6.07) is 7.24. The number of hydrogen-bond donors (Lipinski definition) is 3. The number of anilines is 1. The third-order valence-electron chi connectivity index (χ3n) is 4.28. The molecule has 4 heterocycles. The van der Waals surface area contributed by atoms with E-state index in [0.717, 1.165) is 69.7 Å². The lowest BCUT2D eigenvalue weighted by Gasteiger charge is -2.28. The van der Waals surface area contributed by atoms with Gasteiger partial charge in [-0.3, -0.25) is 0 Å². The molecule has 2 fully saturated rings. The molecule has 2 aromatic rings. The lowest BCUT2D eigenvalue weighted by atomic mass is 10.3. The van der Waals surface area contributed by atoms with Crippen LogP contribution in [0.15, 0.2) is 36.7 Å². The van der Waals surface area contributed by atoms with Crippen LogP contribution in [0.25, 0.3) is 0 Å². The van der Waals surface area contributed by atoms with Gasteiger partial charge >= 0.3 is 0 Å². The van der Waals surface area contributed by atoms with Crippen molar-refractivity contribution < 1.29 is 9.47 Å². The second-order valence-electron chi connectivity index (χ2n) is 6.31. The molecule has 29 heavy (non-hydrogen) atoms. The Morgan fingerprint density at radius 3 is 1.79 bits per heavy atom. The van der Waals surface area contributed by atoms with Crippen molar-refractivity contribution >= 4 is 17.4 Å². The van der Waals surface area contributed by atoms with Gasteiger partial charge in [0.15, 0.2) is 0 Å². The summed E-state index contributed by atoms with van der Waals surface area (Å²) in [5.74, 6) is 2.61. The van der Waals surface area contributed by atoms with E-state index in [1.807, 2.05) is 12.1 Å². The van der Waals surface area contributed by atoms with Gasteiger partial charge < -0.3 is 30.3 Å². The largest absolute Gasteiger partial charge is 0.497 e. The topological polar surface area (TPSA) is 83.6 Å². The predicted molar refractivity (Wildman–Crippen MR) is 117 cm³/mol. The molecule has 0 spiro atoms. The molecule has 0 unspecified atom stereocenters. The van der Waals surface area contributed by atoms with Gasteiger partial charge in [0, 0.05) is 76.9 Å². The van der Waals surface area contributed by atoms with E-state index in [-0.39, 0.29) is 0 Å². The molecule has 0 bridgehead atoms. The standard InChI is InChI=1S/C10H15N3O.C6H6ClNO.C4H10N2/c1-14-9-2-3-12-10(8-9)13-6-4-11-5-7-13;1-9-5-2-3-8-6(7)4-5;1-2-6-4-3-5-1/h2-3,8,11H,4-7H2,1H3;2-4H,1H3;5-6H,1-4H2. The average Bonchev–Trinajstić information content (AvgIpc) is 2.81. The summed E-state index contributed by atoms with van der Waals surface area (Å²) < 4.78 is 10.0.